The lowest BCUT2D eigenvalue weighted by molar-refractivity contribution is 0.0956. The molecule has 2 amide bonds. The Morgan fingerprint density at radius 1 is 0.929 bits per heavy atom. The third-order valence-electron chi connectivity index (χ3n) is 6.28. The van der Waals surface area contributed by atoms with E-state index in [-0.39, 0.29) is 14.5 Å². The summed E-state index contributed by atoms with van der Waals surface area (Å²) < 4.78 is 11.3. The van der Waals surface area contributed by atoms with Crippen LogP contribution in [0.25, 0.3) is 33.3 Å². The zero-order valence-electron chi connectivity index (χ0n) is 22.9. The minimum Gasteiger partial charge on any atom is -0.448 e. The van der Waals surface area contributed by atoms with Gasteiger partial charge in [0.15, 0.2) is 5.58 Å². The van der Waals surface area contributed by atoms with Gasteiger partial charge < -0.3 is 20.2 Å². The Morgan fingerprint density at radius 2 is 1.74 bits per heavy atom. The summed E-state index contributed by atoms with van der Waals surface area (Å²) >= 11 is 0. The van der Waals surface area contributed by atoms with Crippen LogP contribution in [0.4, 0.5) is 10.5 Å². The highest BCUT2D eigenvalue weighted by Gasteiger charge is 2.13. The SMILES string of the molecule is NCCSSCCOC(=O)Nc1ccc2cc(-c3nc4ccc(C(=O)NCC[PH2+]c5ccccc5)cc4o3)ccc2c1. The average Bonchev–Trinajstić information content (AvgIpc) is 3.45. The number of nitrogens with two attached hydrogens (primary N) is 1. The molecule has 1 unspecified atom stereocenters. The molecule has 0 saturated carbocycles. The Hall–Kier alpha value is -3.56. The molecule has 8 nitrogen and oxygen atoms in total. The summed E-state index contributed by atoms with van der Waals surface area (Å²) in [6.07, 6.45) is 0.464. The molecule has 216 valence electrons. The number of oxazole rings is 1. The van der Waals surface area contributed by atoms with Gasteiger partial charge in [-0.15, -0.1) is 0 Å². The molecule has 0 aliphatic heterocycles. The third kappa shape index (κ3) is 8.26. The van der Waals surface area contributed by atoms with E-state index in [0.29, 0.717) is 53.7 Å². The van der Waals surface area contributed by atoms with Crippen molar-refractivity contribution < 1.29 is 18.7 Å². The highest BCUT2D eigenvalue weighted by Crippen LogP contribution is 2.29. The van der Waals surface area contributed by atoms with Gasteiger partial charge in [-0.2, -0.15) is 0 Å². The van der Waals surface area contributed by atoms with Crippen molar-refractivity contribution >= 4 is 75.0 Å². The number of carbonyl (C=O) groups excluding carboxylic acids is 2. The largest absolute Gasteiger partial charge is 0.448 e. The van der Waals surface area contributed by atoms with Crippen LogP contribution < -0.4 is 21.7 Å². The number of nitrogens with one attached hydrogen (secondary N) is 2. The predicted molar refractivity (Wildman–Crippen MR) is 179 cm³/mol. The zero-order chi connectivity index (χ0) is 29.1. The van der Waals surface area contributed by atoms with Gasteiger partial charge in [0.2, 0.25) is 5.89 Å². The van der Waals surface area contributed by atoms with E-state index < -0.39 is 6.09 Å². The number of ether oxygens (including phenoxy) is 1. The molecule has 42 heavy (non-hydrogen) atoms. The van der Waals surface area contributed by atoms with Crippen molar-refractivity contribution in [2.75, 3.05) is 42.7 Å². The number of benzene rings is 4. The third-order valence-corrected chi connectivity index (χ3v) is 10.1. The van der Waals surface area contributed by atoms with Crippen LogP contribution >= 0.6 is 30.2 Å². The molecule has 0 bridgehead atoms. The van der Waals surface area contributed by atoms with E-state index in [1.807, 2.05) is 60.7 Å². The molecule has 0 fully saturated rings. The first-order chi connectivity index (χ1) is 20.6. The lowest BCUT2D eigenvalue weighted by atomic mass is 10.1. The summed E-state index contributed by atoms with van der Waals surface area (Å²) in [6, 6.07) is 27.2. The number of carbonyl (C=O) groups is 2. The zero-order valence-corrected chi connectivity index (χ0v) is 25.7. The topological polar surface area (TPSA) is 119 Å². The van der Waals surface area contributed by atoms with Crippen molar-refractivity contribution in [2.45, 2.75) is 0 Å². The summed E-state index contributed by atoms with van der Waals surface area (Å²) in [5.74, 6) is 1.93. The number of anilines is 1. The van der Waals surface area contributed by atoms with E-state index in [2.05, 4.69) is 27.8 Å². The van der Waals surface area contributed by atoms with Crippen LogP contribution in [0.5, 0.6) is 0 Å². The molecule has 1 aromatic heterocycles. The Labute approximate surface area is 253 Å². The maximum Gasteiger partial charge on any atom is 0.411 e. The van der Waals surface area contributed by atoms with E-state index in [4.69, 9.17) is 14.9 Å². The quantitative estimate of drug-likeness (QED) is 0.0834. The van der Waals surface area contributed by atoms with Crippen molar-refractivity contribution in [3.63, 3.8) is 0 Å². The second-order valence-electron chi connectivity index (χ2n) is 9.33. The van der Waals surface area contributed by atoms with Crippen LogP contribution in [-0.2, 0) is 4.74 Å². The Balaban J connectivity index is 1.17. The number of fused-ring (bicyclic) bond motifs is 2. The van der Waals surface area contributed by atoms with Crippen LogP contribution in [0.2, 0.25) is 0 Å². The standard InChI is InChI=1S/C31H31N4O4PS2/c32-12-16-41-42-17-14-38-31(37)34-25-10-8-21-18-24(7-6-22(21)19-25)30-35-27-11-9-23(20-28(27)39-30)29(36)33-13-15-40-26-4-2-1-3-5-26/h1-11,18-20,40H,12-17,32H2,(H,33,36)(H,34,37)/p+1. The molecule has 0 radical (unpaired) electrons. The molecule has 5 rings (SSSR count). The van der Waals surface area contributed by atoms with Gasteiger partial charge in [0.05, 0.1) is 18.0 Å². The van der Waals surface area contributed by atoms with Crippen molar-refractivity contribution in [3.05, 3.63) is 90.5 Å². The van der Waals surface area contributed by atoms with Gasteiger partial charge in [-0.1, -0.05) is 51.9 Å². The fourth-order valence-electron chi connectivity index (χ4n) is 4.25. The maximum atomic E-state index is 12.7. The van der Waals surface area contributed by atoms with Crippen LogP contribution in [-0.4, -0.2) is 54.3 Å². The number of hydrogen-bond acceptors (Lipinski definition) is 8. The minimum absolute atomic E-state index is 0.123. The monoisotopic (exact) mass is 619 g/mol. The number of aromatic nitrogens is 1. The lowest BCUT2D eigenvalue weighted by Crippen LogP contribution is -2.25. The Kier molecular flexibility index (Phi) is 10.7. The Bertz CT molecular complexity index is 1670. The van der Waals surface area contributed by atoms with Crippen molar-refractivity contribution in [3.8, 4) is 11.5 Å². The first kappa shape index (κ1) is 29.9. The number of amides is 2. The van der Waals surface area contributed by atoms with Gasteiger partial charge >= 0.3 is 6.09 Å². The summed E-state index contributed by atoms with van der Waals surface area (Å²) in [6.45, 7) is 1.60. The van der Waals surface area contributed by atoms with E-state index in [1.54, 1.807) is 33.7 Å². The van der Waals surface area contributed by atoms with Crippen molar-refractivity contribution in [2.24, 2.45) is 5.73 Å². The highest BCUT2D eigenvalue weighted by atomic mass is 33.1. The fraction of sp³-hybridized carbons (Fsp3) is 0.194. The highest BCUT2D eigenvalue weighted by molar-refractivity contribution is 8.76. The fourth-order valence-corrected chi connectivity index (χ4v) is 7.05. The summed E-state index contributed by atoms with van der Waals surface area (Å²) in [5.41, 5.74) is 8.72. The van der Waals surface area contributed by atoms with Crippen LogP contribution in [0.1, 0.15) is 10.4 Å². The molecule has 11 heteroatoms. The van der Waals surface area contributed by atoms with E-state index in [9.17, 15) is 9.59 Å². The molecule has 0 aliphatic carbocycles. The molecule has 4 aromatic carbocycles. The van der Waals surface area contributed by atoms with E-state index in [1.165, 1.54) is 5.30 Å². The summed E-state index contributed by atoms with van der Waals surface area (Å²) in [5, 5.41) is 9.05. The predicted octanol–water partition coefficient (Wildman–Crippen LogP) is 6.00. The van der Waals surface area contributed by atoms with E-state index >= 15 is 0 Å². The molecule has 0 saturated heterocycles. The average molecular weight is 620 g/mol. The molecule has 4 N–H and O–H groups in total. The van der Waals surface area contributed by atoms with Gasteiger partial charge in [-0.25, -0.2) is 9.78 Å². The number of hydrogen-bond donors (Lipinski definition) is 3. The number of nitrogens with zero attached hydrogens (tertiary/aromatic N) is 1. The summed E-state index contributed by atoms with van der Waals surface area (Å²) in [4.78, 5) is 29.5. The van der Waals surface area contributed by atoms with Crippen molar-refractivity contribution in [1.29, 1.82) is 0 Å². The van der Waals surface area contributed by atoms with Gasteiger partial charge in [-0.3, -0.25) is 10.1 Å². The van der Waals surface area contributed by atoms with E-state index in [0.717, 1.165) is 28.3 Å². The maximum absolute atomic E-state index is 12.7. The molecule has 0 aliphatic rings. The molecule has 5 aromatic rings. The smallest absolute Gasteiger partial charge is 0.411 e. The number of rotatable bonds is 13. The van der Waals surface area contributed by atoms with Gasteiger partial charge in [-0.05, 0) is 65.4 Å². The van der Waals surface area contributed by atoms with Crippen molar-refractivity contribution in [1.82, 2.24) is 10.3 Å². The molecular weight excluding hydrogens is 587 g/mol. The minimum atomic E-state index is -0.483. The second-order valence-corrected chi connectivity index (χ2v) is 13.7. The molecule has 1 atom stereocenters. The summed E-state index contributed by atoms with van der Waals surface area (Å²) in [7, 11) is 3.43. The van der Waals surface area contributed by atoms with Gasteiger partial charge in [0.1, 0.15) is 12.1 Å². The van der Waals surface area contributed by atoms with Gasteiger partial charge in [0.25, 0.3) is 5.91 Å². The van der Waals surface area contributed by atoms with Crippen LogP contribution in [0, 0.1) is 0 Å². The van der Waals surface area contributed by atoms with Crippen LogP contribution in [0.15, 0.2) is 89.3 Å². The molecule has 1 heterocycles. The first-order valence-corrected chi connectivity index (χ1v) is 17.5. The molecule has 0 spiro atoms. The van der Waals surface area contributed by atoms with Gasteiger partial charge in [0, 0.05) is 43.4 Å². The lowest BCUT2D eigenvalue weighted by Gasteiger charge is -2.08. The second kappa shape index (κ2) is 15.1. The molecular formula is C31H32N4O4PS2+. The van der Waals surface area contributed by atoms with Crippen LogP contribution in [0.3, 0.4) is 0 Å². The first-order valence-electron chi connectivity index (χ1n) is 13.6. The normalized spacial score (nSPS) is 11.4. The Morgan fingerprint density at radius 3 is 2.60 bits per heavy atom.